The van der Waals surface area contributed by atoms with E-state index in [9.17, 15) is 30.3 Å². The van der Waals surface area contributed by atoms with Crippen molar-refractivity contribution in [3.8, 4) is 0 Å². The number of allylic oxidation sites excluding steroid dienone is 1. The number of carbonyl (C=O) groups is 1. The number of carbonyl (C=O) groups excluding carboxylic acids is 1. The molecule has 7 unspecified atom stereocenters. The summed E-state index contributed by atoms with van der Waals surface area (Å²) in [5, 5.41) is 53.9. The number of hydrogen-bond donors (Lipinski definition) is 6. The molecule has 1 amide bonds. The minimum atomic E-state index is -1.56. The first kappa shape index (κ1) is 46.0. The molecule has 290 valence electrons. The van der Waals surface area contributed by atoms with Crippen molar-refractivity contribution in [2.45, 2.75) is 224 Å². The molecule has 6 N–H and O–H groups in total. The van der Waals surface area contributed by atoms with Crippen molar-refractivity contribution < 1.29 is 39.8 Å². The second-order valence-electron chi connectivity index (χ2n) is 14.4. The van der Waals surface area contributed by atoms with E-state index in [-0.39, 0.29) is 12.5 Å². The Morgan fingerprint density at radius 3 is 1.59 bits per heavy atom. The van der Waals surface area contributed by atoms with Crippen LogP contribution in [0.5, 0.6) is 0 Å². The number of aliphatic hydroxyl groups excluding tert-OH is 5. The first-order valence-corrected chi connectivity index (χ1v) is 20.4. The van der Waals surface area contributed by atoms with Gasteiger partial charge in [0.2, 0.25) is 5.91 Å². The lowest BCUT2D eigenvalue weighted by Crippen LogP contribution is -2.60. The summed E-state index contributed by atoms with van der Waals surface area (Å²) in [4.78, 5) is 12.9. The first-order valence-electron chi connectivity index (χ1n) is 20.4. The van der Waals surface area contributed by atoms with E-state index in [1.165, 1.54) is 122 Å². The van der Waals surface area contributed by atoms with Crippen LogP contribution in [0.25, 0.3) is 0 Å². The number of nitrogens with one attached hydrogen (secondary N) is 1. The zero-order chi connectivity index (χ0) is 36.0. The minimum Gasteiger partial charge on any atom is -0.394 e. The van der Waals surface area contributed by atoms with Gasteiger partial charge in [-0.25, -0.2) is 0 Å². The molecule has 1 aliphatic heterocycles. The smallest absolute Gasteiger partial charge is 0.220 e. The monoisotopic (exact) mass is 700 g/mol. The van der Waals surface area contributed by atoms with E-state index in [1.807, 2.05) is 6.08 Å². The Balaban J connectivity index is 2.38. The lowest BCUT2D eigenvalue weighted by molar-refractivity contribution is -0.302. The van der Waals surface area contributed by atoms with Gasteiger partial charge >= 0.3 is 0 Å². The number of unbranched alkanes of at least 4 members (excludes halogenated alkanes) is 23. The van der Waals surface area contributed by atoms with Crippen LogP contribution < -0.4 is 5.32 Å². The lowest BCUT2D eigenvalue weighted by atomic mass is 9.99. The maximum absolute atomic E-state index is 12.9. The van der Waals surface area contributed by atoms with Gasteiger partial charge in [0.15, 0.2) is 6.29 Å². The molecule has 0 radical (unpaired) electrons. The van der Waals surface area contributed by atoms with Crippen LogP contribution >= 0.6 is 0 Å². The van der Waals surface area contributed by atoms with Crippen molar-refractivity contribution in [3.05, 3.63) is 12.2 Å². The van der Waals surface area contributed by atoms with E-state index in [1.54, 1.807) is 6.08 Å². The molecule has 0 saturated carbocycles. The summed E-state index contributed by atoms with van der Waals surface area (Å²) in [7, 11) is 0. The quantitative estimate of drug-likeness (QED) is 0.0307. The Morgan fingerprint density at radius 1 is 0.673 bits per heavy atom. The normalized spacial score (nSPS) is 22.5. The van der Waals surface area contributed by atoms with Crippen LogP contribution in [0.4, 0.5) is 0 Å². The topological polar surface area (TPSA) is 149 Å². The van der Waals surface area contributed by atoms with Crippen LogP contribution in [0.2, 0.25) is 0 Å². The van der Waals surface area contributed by atoms with E-state index < -0.39 is 49.5 Å². The van der Waals surface area contributed by atoms with Crippen LogP contribution in [-0.4, -0.2) is 87.5 Å². The molecule has 1 fully saturated rings. The standard InChI is InChI=1S/C40H77NO8/c1-3-5-7-9-11-13-15-16-17-18-19-20-22-24-26-28-30-36(44)41-33(32-48-40-39(47)38(46)37(45)35(31-42)49-40)34(43)29-27-25-23-21-14-12-10-8-6-4-2/h27,29,33-35,37-40,42-43,45-47H,3-26,28,30-32H2,1-2H3,(H,41,44)/b29-27+. The molecular weight excluding hydrogens is 622 g/mol. The number of rotatable bonds is 33. The molecule has 0 aliphatic carbocycles. The highest BCUT2D eigenvalue weighted by atomic mass is 16.7. The Bertz CT molecular complexity index is 781. The highest BCUT2D eigenvalue weighted by Gasteiger charge is 2.44. The number of amides is 1. The molecular formula is C40H77NO8. The third-order valence-corrected chi connectivity index (χ3v) is 9.86. The third kappa shape index (κ3) is 23.2. The molecule has 49 heavy (non-hydrogen) atoms. The van der Waals surface area contributed by atoms with E-state index >= 15 is 0 Å². The Hall–Kier alpha value is -1.07. The SMILES string of the molecule is CCCCCCCCCC/C=C/C(O)C(COC1OC(CO)C(O)C(O)C1O)NC(=O)CCCCCCCCCCCCCCCCCC. The molecule has 0 aromatic carbocycles. The van der Waals surface area contributed by atoms with E-state index in [2.05, 4.69) is 19.2 Å². The summed E-state index contributed by atoms with van der Waals surface area (Å²) in [6, 6.07) is -0.796. The van der Waals surface area contributed by atoms with Gasteiger partial charge in [-0.1, -0.05) is 167 Å². The second kappa shape index (κ2) is 31.6. The molecule has 0 spiro atoms. The highest BCUT2D eigenvalue weighted by Crippen LogP contribution is 2.22. The summed E-state index contributed by atoms with van der Waals surface area (Å²) in [6.45, 7) is 3.74. The van der Waals surface area contributed by atoms with Gasteiger partial charge in [-0.3, -0.25) is 4.79 Å². The van der Waals surface area contributed by atoms with Gasteiger partial charge < -0.3 is 40.3 Å². The molecule has 9 nitrogen and oxygen atoms in total. The average Bonchev–Trinajstić information content (AvgIpc) is 3.10. The molecule has 9 heteroatoms. The van der Waals surface area contributed by atoms with Crippen LogP contribution in [0.1, 0.15) is 181 Å². The maximum Gasteiger partial charge on any atom is 0.220 e. The van der Waals surface area contributed by atoms with E-state index in [0.29, 0.717) is 6.42 Å². The average molecular weight is 700 g/mol. The van der Waals surface area contributed by atoms with Crippen LogP contribution in [-0.2, 0) is 14.3 Å². The molecule has 1 saturated heterocycles. The van der Waals surface area contributed by atoms with Crippen molar-refractivity contribution >= 4 is 5.91 Å². The first-order chi connectivity index (χ1) is 23.8. The van der Waals surface area contributed by atoms with Crippen molar-refractivity contribution in [2.75, 3.05) is 13.2 Å². The fourth-order valence-electron chi connectivity index (χ4n) is 6.51. The maximum atomic E-state index is 12.9. The molecule has 1 aliphatic rings. The van der Waals surface area contributed by atoms with E-state index in [4.69, 9.17) is 9.47 Å². The van der Waals surface area contributed by atoms with Gasteiger partial charge in [-0.15, -0.1) is 0 Å². The number of aliphatic hydroxyl groups is 5. The van der Waals surface area contributed by atoms with Gasteiger partial charge in [0.05, 0.1) is 25.4 Å². The molecule has 0 aromatic rings. The predicted octanol–water partition coefficient (Wildman–Crippen LogP) is 7.39. The molecule has 1 heterocycles. The van der Waals surface area contributed by atoms with Gasteiger partial charge in [0.1, 0.15) is 24.4 Å². The largest absolute Gasteiger partial charge is 0.394 e. The van der Waals surface area contributed by atoms with Crippen molar-refractivity contribution in [1.29, 1.82) is 0 Å². The van der Waals surface area contributed by atoms with Crippen LogP contribution in [0.3, 0.4) is 0 Å². The zero-order valence-electron chi connectivity index (χ0n) is 31.5. The summed E-state index contributed by atoms with van der Waals surface area (Å²) in [6.07, 6.45) is 26.8. The highest BCUT2D eigenvalue weighted by molar-refractivity contribution is 5.76. The van der Waals surface area contributed by atoms with E-state index in [0.717, 1.165) is 38.5 Å². The fraction of sp³-hybridized carbons (Fsp3) is 0.925. The van der Waals surface area contributed by atoms with Gasteiger partial charge in [0, 0.05) is 6.42 Å². The number of ether oxygens (including phenoxy) is 2. The number of hydrogen-bond acceptors (Lipinski definition) is 8. The van der Waals surface area contributed by atoms with Gasteiger partial charge in [-0.05, 0) is 19.3 Å². The van der Waals surface area contributed by atoms with Crippen molar-refractivity contribution in [3.63, 3.8) is 0 Å². The van der Waals surface area contributed by atoms with Crippen molar-refractivity contribution in [2.24, 2.45) is 0 Å². The van der Waals surface area contributed by atoms with Gasteiger partial charge in [-0.2, -0.15) is 0 Å². The predicted molar refractivity (Wildman–Crippen MR) is 198 cm³/mol. The van der Waals surface area contributed by atoms with Crippen LogP contribution in [0, 0.1) is 0 Å². The molecule has 7 atom stereocenters. The van der Waals surface area contributed by atoms with Crippen molar-refractivity contribution in [1.82, 2.24) is 5.32 Å². The minimum absolute atomic E-state index is 0.178. The third-order valence-electron chi connectivity index (χ3n) is 9.86. The van der Waals surface area contributed by atoms with Gasteiger partial charge in [0.25, 0.3) is 0 Å². The summed E-state index contributed by atoms with van der Waals surface area (Å²) < 4.78 is 11.2. The summed E-state index contributed by atoms with van der Waals surface area (Å²) >= 11 is 0. The molecule has 0 bridgehead atoms. The van der Waals surface area contributed by atoms with Crippen LogP contribution in [0.15, 0.2) is 12.2 Å². The Labute approximate surface area is 299 Å². The lowest BCUT2D eigenvalue weighted by Gasteiger charge is -2.40. The zero-order valence-corrected chi connectivity index (χ0v) is 31.5. The second-order valence-corrected chi connectivity index (χ2v) is 14.4. The summed E-state index contributed by atoms with van der Waals surface area (Å²) in [5.41, 5.74) is 0. The molecule has 1 rings (SSSR count). The Kier molecular flexibility index (Phi) is 29.7. The Morgan fingerprint density at radius 2 is 1.12 bits per heavy atom. The fourth-order valence-corrected chi connectivity index (χ4v) is 6.51. The molecule has 0 aromatic heterocycles. The summed E-state index contributed by atoms with van der Waals surface area (Å²) in [5.74, 6) is -0.178.